The first kappa shape index (κ1) is 15.7. The molecule has 0 aromatic carbocycles. The van der Waals surface area contributed by atoms with Crippen molar-refractivity contribution in [2.75, 3.05) is 0 Å². The van der Waals surface area contributed by atoms with Crippen LogP contribution in [0.4, 0.5) is 0 Å². The van der Waals surface area contributed by atoms with Crippen molar-refractivity contribution in [3.05, 3.63) is 67.5 Å². The second-order valence-corrected chi connectivity index (χ2v) is 6.72. The molecule has 29 heavy (non-hydrogen) atoms. The molecule has 6 aromatic rings. The van der Waals surface area contributed by atoms with Gasteiger partial charge in [0.15, 0.2) is 0 Å². The highest BCUT2D eigenvalue weighted by atomic mass is 15.1. The number of pyridine rings is 3. The molecule has 8 nitrogen and oxygen atoms in total. The zero-order valence-electron chi connectivity index (χ0n) is 15.1. The molecule has 8 heteroatoms. The van der Waals surface area contributed by atoms with Crippen molar-refractivity contribution in [3.63, 3.8) is 0 Å². The molecule has 0 unspecified atom stereocenters. The molecule has 0 amide bonds. The van der Waals surface area contributed by atoms with Crippen LogP contribution in [0.15, 0.2) is 67.5 Å². The number of hydrogen-bond acceptors (Lipinski definition) is 5. The molecule has 3 N–H and O–H groups in total. The fourth-order valence-electron chi connectivity index (χ4n) is 3.58. The minimum atomic E-state index is 0.766. The van der Waals surface area contributed by atoms with Crippen molar-refractivity contribution in [1.82, 2.24) is 40.3 Å². The van der Waals surface area contributed by atoms with E-state index in [0.717, 1.165) is 55.7 Å². The first-order chi connectivity index (χ1) is 14.4. The Morgan fingerprint density at radius 1 is 0.828 bits per heavy atom. The zero-order valence-corrected chi connectivity index (χ0v) is 15.1. The van der Waals surface area contributed by atoms with Gasteiger partial charge in [0.25, 0.3) is 0 Å². The highest BCUT2D eigenvalue weighted by Gasteiger charge is 2.15. The van der Waals surface area contributed by atoms with Gasteiger partial charge in [0.05, 0.1) is 34.8 Å². The molecule has 0 atom stereocenters. The minimum absolute atomic E-state index is 0.766. The van der Waals surface area contributed by atoms with Gasteiger partial charge < -0.3 is 4.98 Å². The van der Waals surface area contributed by atoms with Gasteiger partial charge in [-0.25, -0.2) is 4.98 Å². The largest absolute Gasteiger partial charge is 0.352 e. The molecule has 0 aliphatic carbocycles. The first-order valence-electron chi connectivity index (χ1n) is 9.08. The topological polar surface area (TPSA) is 112 Å². The van der Waals surface area contributed by atoms with Crippen LogP contribution < -0.4 is 0 Å². The molecular formula is C21H14N8. The first-order valence-corrected chi connectivity index (χ1v) is 9.08. The zero-order chi connectivity index (χ0) is 19.2. The van der Waals surface area contributed by atoms with E-state index in [0.29, 0.717) is 0 Å². The Balaban J connectivity index is 1.54. The lowest BCUT2D eigenvalue weighted by molar-refractivity contribution is 1.09. The molecule has 0 saturated heterocycles. The molecule has 138 valence electrons. The van der Waals surface area contributed by atoms with Gasteiger partial charge in [-0.1, -0.05) is 0 Å². The van der Waals surface area contributed by atoms with E-state index in [2.05, 4.69) is 41.4 Å². The predicted octanol–water partition coefficient (Wildman–Crippen LogP) is 3.95. The summed E-state index contributed by atoms with van der Waals surface area (Å²) in [6.45, 7) is 0. The van der Waals surface area contributed by atoms with Crippen molar-refractivity contribution in [1.29, 1.82) is 0 Å². The maximum absolute atomic E-state index is 4.81. The lowest BCUT2D eigenvalue weighted by atomic mass is 10.1. The normalized spacial score (nSPS) is 11.4. The molecular weight excluding hydrogens is 364 g/mol. The highest BCUT2D eigenvalue weighted by Crippen LogP contribution is 2.33. The van der Waals surface area contributed by atoms with E-state index in [1.807, 2.05) is 42.9 Å². The third-order valence-corrected chi connectivity index (χ3v) is 4.99. The van der Waals surface area contributed by atoms with E-state index < -0.39 is 0 Å². The molecule has 0 bridgehead atoms. The molecule has 0 saturated carbocycles. The van der Waals surface area contributed by atoms with Crippen molar-refractivity contribution >= 4 is 21.9 Å². The Labute approximate surface area is 164 Å². The summed E-state index contributed by atoms with van der Waals surface area (Å²) >= 11 is 0. The number of fused-ring (bicyclic) bond motifs is 2. The van der Waals surface area contributed by atoms with Crippen LogP contribution in [0.2, 0.25) is 0 Å². The monoisotopic (exact) mass is 378 g/mol. The van der Waals surface area contributed by atoms with E-state index in [1.165, 1.54) is 0 Å². The molecule has 6 rings (SSSR count). The lowest BCUT2D eigenvalue weighted by Crippen LogP contribution is -1.84. The fraction of sp³-hybridized carbons (Fsp3) is 0. The van der Waals surface area contributed by atoms with Crippen molar-refractivity contribution in [2.45, 2.75) is 0 Å². The molecule has 6 aromatic heterocycles. The number of nitrogens with zero attached hydrogens (tertiary/aromatic N) is 5. The van der Waals surface area contributed by atoms with E-state index in [9.17, 15) is 0 Å². The average molecular weight is 378 g/mol. The molecule has 6 heterocycles. The summed E-state index contributed by atoms with van der Waals surface area (Å²) in [5.74, 6) is 0. The lowest BCUT2D eigenvalue weighted by Gasteiger charge is -2.01. The van der Waals surface area contributed by atoms with Gasteiger partial charge in [-0.15, -0.1) is 0 Å². The third kappa shape index (κ3) is 2.50. The maximum Gasteiger partial charge on any atom is 0.135 e. The Hall–Kier alpha value is -4.33. The minimum Gasteiger partial charge on any atom is -0.352 e. The van der Waals surface area contributed by atoms with Crippen LogP contribution in [0, 0.1) is 0 Å². The average Bonchev–Trinajstić information content (AvgIpc) is 3.52. The van der Waals surface area contributed by atoms with Gasteiger partial charge in [0, 0.05) is 41.3 Å². The van der Waals surface area contributed by atoms with Crippen LogP contribution in [0.1, 0.15) is 0 Å². The fourth-order valence-corrected chi connectivity index (χ4v) is 3.58. The highest BCUT2D eigenvalue weighted by molar-refractivity contribution is 5.99. The van der Waals surface area contributed by atoms with Gasteiger partial charge in [0.1, 0.15) is 11.2 Å². The van der Waals surface area contributed by atoms with Crippen LogP contribution >= 0.6 is 0 Å². The Kier molecular flexibility index (Phi) is 3.30. The summed E-state index contributed by atoms with van der Waals surface area (Å²) in [4.78, 5) is 16.7. The van der Waals surface area contributed by atoms with E-state index in [4.69, 9.17) is 4.98 Å². The van der Waals surface area contributed by atoms with E-state index >= 15 is 0 Å². The van der Waals surface area contributed by atoms with Crippen LogP contribution in [-0.4, -0.2) is 40.3 Å². The van der Waals surface area contributed by atoms with Gasteiger partial charge in [-0.3, -0.25) is 20.2 Å². The van der Waals surface area contributed by atoms with Gasteiger partial charge in [-0.2, -0.15) is 10.2 Å². The number of hydrogen-bond donors (Lipinski definition) is 3. The van der Waals surface area contributed by atoms with Gasteiger partial charge >= 0.3 is 0 Å². The summed E-state index contributed by atoms with van der Waals surface area (Å²) in [6.07, 6.45) is 10.8. The summed E-state index contributed by atoms with van der Waals surface area (Å²) in [5.41, 5.74) is 8.14. The number of rotatable bonds is 3. The van der Waals surface area contributed by atoms with E-state index in [-0.39, 0.29) is 0 Å². The number of nitrogens with one attached hydrogen (secondary N) is 3. The maximum atomic E-state index is 4.81. The number of aromatic nitrogens is 8. The summed E-state index contributed by atoms with van der Waals surface area (Å²) < 4.78 is 0. The van der Waals surface area contributed by atoms with Crippen LogP contribution in [-0.2, 0) is 0 Å². The summed E-state index contributed by atoms with van der Waals surface area (Å²) in [5, 5.41) is 15.5. The molecule has 0 aliphatic heterocycles. The van der Waals surface area contributed by atoms with Crippen molar-refractivity contribution in [3.8, 4) is 33.8 Å². The Bertz CT molecular complexity index is 1440. The standard InChI is InChI=1S/C21H14N8/c1-2-17-20(27-16(1)13-8-24-25-9-13)21(29-28-17)18-7-14-15(10-23-11-19(14)26-18)12-3-5-22-6-4-12/h1-11,26H,(H,24,25)(H,28,29). The Morgan fingerprint density at radius 2 is 1.76 bits per heavy atom. The van der Waals surface area contributed by atoms with Crippen molar-refractivity contribution < 1.29 is 0 Å². The van der Waals surface area contributed by atoms with Crippen LogP contribution in [0.25, 0.3) is 55.7 Å². The second-order valence-electron chi connectivity index (χ2n) is 6.72. The van der Waals surface area contributed by atoms with Gasteiger partial charge in [0.2, 0.25) is 0 Å². The van der Waals surface area contributed by atoms with Crippen LogP contribution in [0.5, 0.6) is 0 Å². The van der Waals surface area contributed by atoms with Gasteiger partial charge in [-0.05, 0) is 35.9 Å². The molecule has 0 aliphatic rings. The number of H-pyrrole nitrogens is 3. The quantitative estimate of drug-likeness (QED) is 0.432. The number of aromatic amines is 3. The second kappa shape index (κ2) is 6.10. The smallest absolute Gasteiger partial charge is 0.135 e. The molecule has 0 fully saturated rings. The SMILES string of the molecule is c1cc(-c2cncc3[nH]c(-c4n[nH]c5ccc(-c6cn[nH]c6)nc45)cc23)ccn1. The molecule has 0 radical (unpaired) electrons. The Morgan fingerprint density at radius 3 is 2.62 bits per heavy atom. The summed E-state index contributed by atoms with van der Waals surface area (Å²) in [7, 11) is 0. The summed E-state index contributed by atoms with van der Waals surface area (Å²) in [6, 6.07) is 9.98. The predicted molar refractivity (Wildman–Crippen MR) is 110 cm³/mol. The third-order valence-electron chi connectivity index (χ3n) is 4.99. The van der Waals surface area contributed by atoms with Crippen LogP contribution in [0.3, 0.4) is 0 Å². The molecule has 0 spiro atoms. The van der Waals surface area contributed by atoms with Crippen molar-refractivity contribution in [2.24, 2.45) is 0 Å². The van der Waals surface area contributed by atoms with E-state index in [1.54, 1.807) is 18.6 Å².